The monoisotopic (exact) mass is 347 g/mol. The zero-order valence-corrected chi connectivity index (χ0v) is 14.3. The predicted molar refractivity (Wildman–Crippen MR) is 92.0 cm³/mol. The highest BCUT2D eigenvalue weighted by Gasteiger charge is 2.16. The number of ether oxygens (including phenoxy) is 3. The molecule has 2 aromatic carbocycles. The summed E-state index contributed by atoms with van der Waals surface area (Å²) < 4.78 is 28.9. The normalized spacial score (nSPS) is 11.7. The SMILES string of the molecule is CCOC(=O)C(N)Cc1ccc(OCc2ccc(F)cc2)c(OC)c1. The Morgan fingerprint density at radius 3 is 2.44 bits per heavy atom. The molecule has 2 aromatic rings. The summed E-state index contributed by atoms with van der Waals surface area (Å²) in [6.07, 6.45) is 0.341. The van der Waals surface area contributed by atoms with Gasteiger partial charge in [0.1, 0.15) is 18.5 Å². The molecule has 0 fully saturated rings. The number of methoxy groups -OCH3 is 1. The number of halogens is 1. The predicted octanol–water partition coefficient (Wildman–Crippen LogP) is 2.85. The molecule has 0 saturated heterocycles. The van der Waals surface area contributed by atoms with Crippen LogP contribution in [0, 0.1) is 5.82 Å². The molecule has 0 aliphatic heterocycles. The molecule has 5 nitrogen and oxygen atoms in total. The summed E-state index contributed by atoms with van der Waals surface area (Å²) in [5.41, 5.74) is 7.52. The summed E-state index contributed by atoms with van der Waals surface area (Å²) in [6.45, 7) is 2.32. The first-order valence-corrected chi connectivity index (χ1v) is 7.99. The van der Waals surface area contributed by atoms with Crippen LogP contribution < -0.4 is 15.2 Å². The summed E-state index contributed by atoms with van der Waals surface area (Å²) in [6, 6.07) is 10.7. The number of hydrogen-bond acceptors (Lipinski definition) is 5. The molecule has 0 aliphatic rings. The van der Waals surface area contributed by atoms with Crippen molar-refractivity contribution < 1.29 is 23.4 Å². The zero-order chi connectivity index (χ0) is 18.2. The fraction of sp³-hybridized carbons (Fsp3) is 0.316. The van der Waals surface area contributed by atoms with Gasteiger partial charge in [-0.25, -0.2) is 4.39 Å². The summed E-state index contributed by atoms with van der Waals surface area (Å²) in [7, 11) is 1.54. The second-order valence-electron chi connectivity index (χ2n) is 5.46. The van der Waals surface area contributed by atoms with Gasteiger partial charge in [-0.2, -0.15) is 0 Å². The highest BCUT2D eigenvalue weighted by molar-refractivity contribution is 5.75. The molecule has 0 aromatic heterocycles. The lowest BCUT2D eigenvalue weighted by molar-refractivity contribution is -0.144. The molecule has 134 valence electrons. The molecule has 6 heteroatoms. The van der Waals surface area contributed by atoms with Crippen molar-refractivity contribution in [3.63, 3.8) is 0 Å². The lowest BCUT2D eigenvalue weighted by Gasteiger charge is -2.14. The maximum Gasteiger partial charge on any atom is 0.323 e. The molecule has 25 heavy (non-hydrogen) atoms. The Morgan fingerprint density at radius 1 is 1.12 bits per heavy atom. The number of carbonyl (C=O) groups excluding carboxylic acids is 1. The minimum Gasteiger partial charge on any atom is -0.493 e. The molecule has 0 heterocycles. The largest absolute Gasteiger partial charge is 0.493 e. The number of esters is 1. The molecule has 2 rings (SSSR count). The van der Waals surface area contributed by atoms with Gasteiger partial charge >= 0.3 is 5.97 Å². The molecule has 1 unspecified atom stereocenters. The van der Waals surface area contributed by atoms with E-state index < -0.39 is 12.0 Å². The van der Waals surface area contributed by atoms with Crippen LogP contribution in [0.1, 0.15) is 18.1 Å². The molecule has 0 spiro atoms. The quantitative estimate of drug-likeness (QED) is 0.744. The van der Waals surface area contributed by atoms with Gasteiger partial charge in [-0.15, -0.1) is 0 Å². The van der Waals surface area contributed by atoms with Crippen molar-refractivity contribution >= 4 is 5.97 Å². The van der Waals surface area contributed by atoms with Gasteiger partial charge in [-0.1, -0.05) is 18.2 Å². The van der Waals surface area contributed by atoms with Crippen LogP contribution >= 0.6 is 0 Å². The van der Waals surface area contributed by atoms with Crippen LogP contribution in [0.25, 0.3) is 0 Å². The summed E-state index contributed by atoms with van der Waals surface area (Å²) >= 11 is 0. The molecule has 0 amide bonds. The number of nitrogens with two attached hydrogens (primary N) is 1. The van der Waals surface area contributed by atoms with Gasteiger partial charge in [0, 0.05) is 0 Å². The van der Waals surface area contributed by atoms with Crippen LogP contribution in [-0.4, -0.2) is 25.7 Å². The van der Waals surface area contributed by atoms with Crippen molar-refractivity contribution in [2.45, 2.75) is 26.0 Å². The fourth-order valence-corrected chi connectivity index (χ4v) is 2.29. The molecule has 0 aliphatic carbocycles. The minimum atomic E-state index is -0.726. The summed E-state index contributed by atoms with van der Waals surface area (Å²) in [4.78, 5) is 11.6. The number of hydrogen-bond donors (Lipinski definition) is 1. The van der Waals surface area contributed by atoms with E-state index in [1.54, 1.807) is 31.2 Å². The van der Waals surface area contributed by atoms with E-state index in [0.29, 0.717) is 31.1 Å². The van der Waals surface area contributed by atoms with E-state index in [1.165, 1.54) is 19.2 Å². The van der Waals surface area contributed by atoms with E-state index in [9.17, 15) is 9.18 Å². The first-order valence-electron chi connectivity index (χ1n) is 7.99. The Bertz CT molecular complexity index is 703. The van der Waals surface area contributed by atoms with Crippen molar-refractivity contribution in [2.24, 2.45) is 5.73 Å². The third-order valence-electron chi connectivity index (χ3n) is 3.58. The van der Waals surface area contributed by atoms with Crippen molar-refractivity contribution in [2.75, 3.05) is 13.7 Å². The second-order valence-corrected chi connectivity index (χ2v) is 5.46. The number of benzene rings is 2. The van der Waals surface area contributed by atoms with E-state index >= 15 is 0 Å². The van der Waals surface area contributed by atoms with E-state index in [1.807, 2.05) is 6.07 Å². The molecular formula is C19H22FNO4. The summed E-state index contributed by atoms with van der Waals surface area (Å²) in [5.74, 6) is 0.373. The topological polar surface area (TPSA) is 70.8 Å². The Kier molecular flexibility index (Phi) is 6.77. The van der Waals surface area contributed by atoms with Crippen molar-refractivity contribution in [1.82, 2.24) is 0 Å². The Labute approximate surface area is 146 Å². The smallest absolute Gasteiger partial charge is 0.323 e. The van der Waals surface area contributed by atoms with E-state index in [4.69, 9.17) is 19.9 Å². The number of rotatable bonds is 8. The molecule has 0 saturated carbocycles. The van der Waals surface area contributed by atoms with Gasteiger partial charge in [-0.05, 0) is 48.7 Å². The van der Waals surface area contributed by atoms with Gasteiger partial charge in [0.05, 0.1) is 13.7 Å². The van der Waals surface area contributed by atoms with Crippen LogP contribution in [0.4, 0.5) is 4.39 Å². The highest BCUT2D eigenvalue weighted by Crippen LogP contribution is 2.29. The van der Waals surface area contributed by atoms with E-state index in [-0.39, 0.29) is 5.82 Å². The van der Waals surface area contributed by atoms with Crippen LogP contribution in [-0.2, 0) is 22.6 Å². The van der Waals surface area contributed by atoms with Crippen LogP contribution in [0.5, 0.6) is 11.5 Å². The van der Waals surface area contributed by atoms with Gasteiger partial charge in [0.2, 0.25) is 0 Å². The third kappa shape index (κ3) is 5.46. The van der Waals surface area contributed by atoms with E-state index in [0.717, 1.165) is 11.1 Å². The van der Waals surface area contributed by atoms with Crippen LogP contribution in [0.3, 0.4) is 0 Å². The molecule has 0 bridgehead atoms. The molecule has 0 radical (unpaired) electrons. The fourth-order valence-electron chi connectivity index (χ4n) is 2.29. The Hall–Kier alpha value is -2.60. The van der Waals surface area contributed by atoms with Gasteiger partial charge in [-0.3, -0.25) is 4.79 Å². The lowest BCUT2D eigenvalue weighted by atomic mass is 10.1. The standard InChI is InChI=1S/C19H22FNO4/c1-3-24-19(22)16(21)10-14-6-9-17(18(11-14)23-2)25-12-13-4-7-15(20)8-5-13/h4-9,11,16H,3,10,12,21H2,1-2H3. The average molecular weight is 347 g/mol. The van der Waals surface area contributed by atoms with Gasteiger partial charge in [0.25, 0.3) is 0 Å². The lowest BCUT2D eigenvalue weighted by Crippen LogP contribution is -2.34. The minimum absolute atomic E-state index is 0.288. The van der Waals surface area contributed by atoms with Crippen LogP contribution in [0.2, 0.25) is 0 Å². The molecule has 1 atom stereocenters. The first kappa shape index (κ1) is 18.7. The van der Waals surface area contributed by atoms with Crippen molar-refractivity contribution in [3.8, 4) is 11.5 Å². The van der Waals surface area contributed by atoms with Gasteiger partial charge in [0.15, 0.2) is 11.5 Å². The zero-order valence-electron chi connectivity index (χ0n) is 14.3. The Morgan fingerprint density at radius 2 is 1.80 bits per heavy atom. The maximum absolute atomic E-state index is 12.9. The van der Waals surface area contributed by atoms with E-state index in [2.05, 4.69) is 0 Å². The van der Waals surface area contributed by atoms with Gasteiger partial charge < -0.3 is 19.9 Å². The van der Waals surface area contributed by atoms with Crippen LogP contribution in [0.15, 0.2) is 42.5 Å². The first-order chi connectivity index (χ1) is 12.0. The second kappa shape index (κ2) is 9.03. The third-order valence-corrected chi connectivity index (χ3v) is 3.58. The Balaban J connectivity index is 2.03. The molecule has 2 N–H and O–H groups in total. The number of carbonyl (C=O) groups is 1. The summed E-state index contributed by atoms with van der Waals surface area (Å²) in [5, 5.41) is 0. The highest BCUT2D eigenvalue weighted by atomic mass is 19.1. The molecular weight excluding hydrogens is 325 g/mol. The maximum atomic E-state index is 12.9. The van der Waals surface area contributed by atoms with Crippen molar-refractivity contribution in [1.29, 1.82) is 0 Å². The van der Waals surface area contributed by atoms with Crippen molar-refractivity contribution in [3.05, 3.63) is 59.4 Å². The average Bonchev–Trinajstić information content (AvgIpc) is 2.62.